The Balaban J connectivity index is 1.48. The molecule has 0 unspecified atom stereocenters. The van der Waals surface area contributed by atoms with E-state index in [1.54, 1.807) is 0 Å². The summed E-state index contributed by atoms with van der Waals surface area (Å²) in [6.45, 7) is 5.28. The van der Waals surface area contributed by atoms with E-state index in [1.807, 2.05) is 44.2 Å². The predicted octanol–water partition coefficient (Wildman–Crippen LogP) is 2.62. The molecule has 2 heterocycles. The summed E-state index contributed by atoms with van der Waals surface area (Å²) in [5.41, 5.74) is 1.64. The van der Waals surface area contributed by atoms with Gasteiger partial charge in [0.2, 0.25) is 15.9 Å². The molecule has 1 saturated heterocycles. The quantitative estimate of drug-likeness (QED) is 0.571. The van der Waals surface area contributed by atoms with Crippen LogP contribution >= 0.6 is 0 Å². The van der Waals surface area contributed by atoms with Crippen LogP contribution < -0.4 is 11.1 Å². The first-order valence-corrected chi connectivity index (χ1v) is 12.6. The van der Waals surface area contributed by atoms with Crippen molar-refractivity contribution in [1.82, 2.24) is 14.2 Å². The summed E-state index contributed by atoms with van der Waals surface area (Å²) in [7, 11) is -3.70. The maximum absolute atomic E-state index is 13.2. The van der Waals surface area contributed by atoms with E-state index in [2.05, 4.69) is 5.32 Å². The fourth-order valence-corrected chi connectivity index (χ4v) is 6.19. The lowest BCUT2D eigenvalue weighted by Gasteiger charge is -2.34. The lowest BCUT2D eigenvalue weighted by atomic mass is 9.94. The largest absolute Gasteiger partial charge is 0.420 e. The molecule has 1 amide bonds. The normalized spacial score (nSPS) is 19.6. The van der Waals surface area contributed by atoms with Crippen molar-refractivity contribution >= 4 is 27.0 Å². The molecule has 1 aliphatic heterocycles. The van der Waals surface area contributed by atoms with Crippen LogP contribution in [0.4, 0.5) is 0 Å². The molecule has 2 atom stereocenters. The third-order valence-corrected chi connectivity index (χ3v) is 7.82. The first-order chi connectivity index (χ1) is 15.7. The number of amides is 1. The van der Waals surface area contributed by atoms with Gasteiger partial charge in [-0.1, -0.05) is 44.2 Å². The van der Waals surface area contributed by atoms with Gasteiger partial charge >= 0.3 is 5.76 Å². The molecular weight excluding hydrogens is 442 g/mol. The van der Waals surface area contributed by atoms with Crippen molar-refractivity contribution in [2.45, 2.75) is 38.1 Å². The molecule has 0 spiro atoms. The van der Waals surface area contributed by atoms with E-state index in [1.165, 1.54) is 27.1 Å². The number of benzene rings is 2. The molecule has 1 aliphatic rings. The molecule has 3 aromatic rings. The van der Waals surface area contributed by atoms with Crippen molar-refractivity contribution in [1.29, 1.82) is 0 Å². The van der Waals surface area contributed by atoms with Crippen LogP contribution in [0.3, 0.4) is 0 Å². The van der Waals surface area contributed by atoms with E-state index in [4.69, 9.17) is 4.42 Å². The van der Waals surface area contributed by atoms with Crippen LogP contribution in [0.5, 0.6) is 0 Å². The van der Waals surface area contributed by atoms with Crippen molar-refractivity contribution in [2.75, 3.05) is 19.6 Å². The maximum Gasteiger partial charge on any atom is 0.420 e. The highest BCUT2D eigenvalue weighted by Crippen LogP contribution is 2.28. The highest BCUT2D eigenvalue weighted by Gasteiger charge is 2.32. The third kappa shape index (κ3) is 5.20. The maximum atomic E-state index is 13.2. The summed E-state index contributed by atoms with van der Waals surface area (Å²) in [5, 5.41) is 2.81. The first kappa shape index (κ1) is 23.3. The smallest absolute Gasteiger partial charge is 0.408 e. The van der Waals surface area contributed by atoms with Crippen molar-refractivity contribution in [3.63, 3.8) is 0 Å². The van der Waals surface area contributed by atoms with Gasteiger partial charge in [0.15, 0.2) is 5.58 Å². The molecule has 1 aromatic heterocycles. The van der Waals surface area contributed by atoms with Gasteiger partial charge in [-0.05, 0) is 42.4 Å². The predicted molar refractivity (Wildman–Crippen MR) is 125 cm³/mol. The number of hydrogen-bond acceptors (Lipinski definition) is 5. The summed E-state index contributed by atoms with van der Waals surface area (Å²) < 4.78 is 34.3. The van der Waals surface area contributed by atoms with Gasteiger partial charge in [-0.25, -0.2) is 13.2 Å². The molecule has 0 bridgehead atoms. The number of piperidine rings is 1. The van der Waals surface area contributed by atoms with Gasteiger partial charge in [-0.3, -0.25) is 9.36 Å². The van der Waals surface area contributed by atoms with E-state index in [9.17, 15) is 18.0 Å². The summed E-state index contributed by atoms with van der Waals surface area (Å²) >= 11 is 0. The minimum absolute atomic E-state index is 0.0875. The minimum atomic E-state index is -3.70. The summed E-state index contributed by atoms with van der Waals surface area (Å²) in [4.78, 5) is 24.8. The number of nitrogens with one attached hydrogen (secondary N) is 1. The summed E-state index contributed by atoms with van der Waals surface area (Å²) in [5.74, 6) is -0.444. The minimum Gasteiger partial charge on any atom is -0.408 e. The van der Waals surface area contributed by atoms with Crippen LogP contribution in [-0.4, -0.2) is 42.8 Å². The number of nitrogens with zero attached hydrogens (tertiary/aromatic N) is 2. The van der Waals surface area contributed by atoms with Crippen molar-refractivity contribution in [3.05, 3.63) is 64.6 Å². The second-order valence-electron chi connectivity index (χ2n) is 8.94. The van der Waals surface area contributed by atoms with Gasteiger partial charge in [-0.2, -0.15) is 4.31 Å². The van der Waals surface area contributed by atoms with Gasteiger partial charge in [-0.15, -0.1) is 0 Å². The average molecular weight is 472 g/mol. The molecule has 0 saturated carbocycles. The van der Waals surface area contributed by atoms with Crippen LogP contribution in [0.1, 0.15) is 25.8 Å². The van der Waals surface area contributed by atoms with E-state index in [-0.39, 0.29) is 34.8 Å². The van der Waals surface area contributed by atoms with Crippen molar-refractivity contribution in [3.8, 4) is 0 Å². The van der Waals surface area contributed by atoms with Crippen LogP contribution in [-0.2, 0) is 27.8 Å². The zero-order valence-electron chi connectivity index (χ0n) is 18.9. The molecule has 33 heavy (non-hydrogen) atoms. The van der Waals surface area contributed by atoms with Crippen LogP contribution in [0.15, 0.2) is 62.6 Å². The Morgan fingerprint density at radius 1 is 1.09 bits per heavy atom. The average Bonchev–Trinajstić information content (AvgIpc) is 3.08. The zero-order valence-corrected chi connectivity index (χ0v) is 19.7. The molecule has 1 fully saturated rings. The Labute approximate surface area is 193 Å². The van der Waals surface area contributed by atoms with Crippen molar-refractivity contribution in [2.24, 2.45) is 11.8 Å². The standard InChI is InChI=1S/C24H29N3O5S/c1-17-12-18(2)15-26(14-17)33(30,31)20-8-9-21-22(13-20)32-24(29)27(21)16-23(28)25-11-10-19-6-4-3-5-7-19/h3-9,13,17-18H,10-12,14-16H2,1-2H3,(H,25,28)/t17-,18+. The molecule has 1 N–H and O–H groups in total. The Morgan fingerprint density at radius 3 is 2.48 bits per heavy atom. The Morgan fingerprint density at radius 2 is 1.79 bits per heavy atom. The van der Waals surface area contributed by atoms with Crippen molar-refractivity contribution < 1.29 is 17.6 Å². The topological polar surface area (TPSA) is 102 Å². The van der Waals surface area contributed by atoms with E-state index in [0.717, 1.165) is 12.0 Å². The monoisotopic (exact) mass is 471 g/mol. The third-order valence-electron chi connectivity index (χ3n) is 5.99. The highest BCUT2D eigenvalue weighted by molar-refractivity contribution is 7.89. The molecule has 4 rings (SSSR count). The van der Waals surface area contributed by atoms with E-state index in [0.29, 0.717) is 31.6 Å². The van der Waals surface area contributed by atoms with Gasteiger partial charge in [0.1, 0.15) is 6.54 Å². The van der Waals surface area contributed by atoms with Crippen LogP contribution in [0, 0.1) is 11.8 Å². The number of hydrogen-bond donors (Lipinski definition) is 1. The zero-order chi connectivity index (χ0) is 23.6. The number of carbonyl (C=O) groups excluding carboxylic acids is 1. The first-order valence-electron chi connectivity index (χ1n) is 11.2. The molecule has 9 heteroatoms. The molecular formula is C24H29N3O5S. The van der Waals surface area contributed by atoms with Gasteiger partial charge in [0, 0.05) is 25.7 Å². The number of sulfonamides is 1. The summed E-state index contributed by atoms with van der Waals surface area (Å²) in [6, 6.07) is 14.2. The Bertz CT molecular complexity index is 1290. The number of carbonyl (C=O) groups is 1. The lowest BCUT2D eigenvalue weighted by Crippen LogP contribution is -2.42. The van der Waals surface area contributed by atoms with E-state index >= 15 is 0 Å². The molecule has 176 valence electrons. The number of fused-ring (bicyclic) bond motifs is 1. The number of oxazole rings is 1. The van der Waals surface area contributed by atoms with Gasteiger partial charge in [0.05, 0.1) is 10.4 Å². The second-order valence-corrected chi connectivity index (χ2v) is 10.9. The van der Waals surface area contributed by atoms with E-state index < -0.39 is 15.8 Å². The van der Waals surface area contributed by atoms with Gasteiger partial charge in [0.25, 0.3) is 0 Å². The lowest BCUT2D eigenvalue weighted by molar-refractivity contribution is -0.121. The van der Waals surface area contributed by atoms with Crippen LogP contribution in [0.2, 0.25) is 0 Å². The Kier molecular flexibility index (Phi) is 6.71. The summed E-state index contributed by atoms with van der Waals surface area (Å²) in [6.07, 6.45) is 1.68. The fourth-order valence-electron chi connectivity index (χ4n) is 4.50. The fraction of sp³-hybridized carbons (Fsp3) is 0.417. The SMILES string of the molecule is C[C@@H]1C[C@H](C)CN(S(=O)(=O)c2ccc3c(c2)oc(=O)n3CC(=O)NCCc2ccccc2)C1. The molecule has 0 radical (unpaired) electrons. The molecule has 2 aromatic carbocycles. The Hall–Kier alpha value is -2.91. The molecule has 8 nitrogen and oxygen atoms in total. The molecule has 0 aliphatic carbocycles. The second kappa shape index (κ2) is 9.52. The number of aromatic nitrogens is 1. The van der Waals surface area contributed by atoms with Gasteiger partial charge < -0.3 is 9.73 Å². The van der Waals surface area contributed by atoms with Crippen LogP contribution in [0.25, 0.3) is 11.1 Å². The highest BCUT2D eigenvalue weighted by atomic mass is 32.2. The number of rotatable bonds is 7.